The molecule has 3 rings (SSSR count). The number of likely N-dealkylation sites (tertiary alicyclic amines) is 1. The largest absolute Gasteiger partial charge is 0.393 e. The maximum Gasteiger partial charge on any atom is 0.393 e. The average Bonchev–Trinajstić information content (AvgIpc) is 3.20. The first-order valence-electron chi connectivity index (χ1n) is 8.41. The van der Waals surface area contributed by atoms with Crippen molar-refractivity contribution >= 4 is 5.91 Å². The number of benzene rings is 1. The molecule has 26 heavy (non-hydrogen) atoms. The molecular formula is C18H21F3N4O. The number of aryl methyl sites for hydroxylation is 1. The summed E-state index contributed by atoms with van der Waals surface area (Å²) in [6.45, 7) is 0.507. The van der Waals surface area contributed by atoms with Gasteiger partial charge < -0.3 is 5.32 Å². The summed E-state index contributed by atoms with van der Waals surface area (Å²) in [6, 6.07) is 9.31. The van der Waals surface area contributed by atoms with Gasteiger partial charge in [0.25, 0.3) is 0 Å². The zero-order valence-electron chi connectivity index (χ0n) is 14.4. The minimum Gasteiger partial charge on any atom is -0.352 e. The number of nitrogens with zero attached hydrogens (tertiary/aromatic N) is 3. The van der Waals surface area contributed by atoms with Crippen molar-refractivity contribution in [2.75, 3.05) is 13.1 Å². The van der Waals surface area contributed by atoms with Crippen molar-refractivity contribution in [2.24, 2.45) is 18.9 Å². The Balaban J connectivity index is 1.65. The lowest BCUT2D eigenvalue weighted by atomic mass is 9.94. The first kappa shape index (κ1) is 18.4. The van der Waals surface area contributed by atoms with Gasteiger partial charge in [-0.25, -0.2) is 0 Å². The van der Waals surface area contributed by atoms with Crippen molar-refractivity contribution in [3.63, 3.8) is 0 Å². The highest BCUT2D eigenvalue weighted by molar-refractivity contribution is 5.79. The lowest BCUT2D eigenvalue weighted by Crippen LogP contribution is -2.39. The van der Waals surface area contributed by atoms with Crippen LogP contribution in [0.3, 0.4) is 0 Å². The van der Waals surface area contributed by atoms with Gasteiger partial charge in [0.15, 0.2) is 0 Å². The van der Waals surface area contributed by atoms with Crippen molar-refractivity contribution in [3.8, 4) is 0 Å². The van der Waals surface area contributed by atoms with Crippen LogP contribution in [0.15, 0.2) is 42.7 Å². The number of hydrogen-bond acceptors (Lipinski definition) is 3. The third-order valence-corrected chi connectivity index (χ3v) is 4.63. The Morgan fingerprint density at radius 1 is 1.23 bits per heavy atom. The normalized spacial score (nSPS) is 21.1. The molecule has 0 saturated carbocycles. The Labute approximate surface area is 149 Å². The predicted octanol–water partition coefficient (Wildman–Crippen LogP) is 2.35. The van der Waals surface area contributed by atoms with Crippen molar-refractivity contribution < 1.29 is 18.0 Å². The van der Waals surface area contributed by atoms with E-state index in [1.807, 2.05) is 30.3 Å². The van der Waals surface area contributed by atoms with E-state index in [1.54, 1.807) is 29.0 Å². The molecule has 2 aromatic rings. The lowest BCUT2D eigenvalue weighted by Gasteiger charge is -2.20. The van der Waals surface area contributed by atoms with Gasteiger partial charge in [0.2, 0.25) is 5.91 Å². The van der Waals surface area contributed by atoms with Crippen LogP contribution in [0, 0.1) is 11.8 Å². The van der Waals surface area contributed by atoms with Gasteiger partial charge >= 0.3 is 6.18 Å². The summed E-state index contributed by atoms with van der Waals surface area (Å²) in [6.07, 6.45) is -1.10. The van der Waals surface area contributed by atoms with Crippen LogP contribution in [-0.4, -0.2) is 39.9 Å². The highest BCUT2D eigenvalue weighted by Gasteiger charge is 2.52. The lowest BCUT2D eigenvalue weighted by molar-refractivity contribution is -0.183. The number of rotatable bonds is 5. The summed E-state index contributed by atoms with van der Waals surface area (Å²) in [5.41, 5.74) is 1.69. The number of alkyl halides is 3. The van der Waals surface area contributed by atoms with Crippen LogP contribution < -0.4 is 5.32 Å². The molecule has 1 fully saturated rings. The highest BCUT2D eigenvalue weighted by atomic mass is 19.4. The first-order chi connectivity index (χ1) is 12.3. The highest BCUT2D eigenvalue weighted by Crippen LogP contribution is 2.38. The van der Waals surface area contributed by atoms with E-state index in [0.29, 0.717) is 6.54 Å². The summed E-state index contributed by atoms with van der Waals surface area (Å²) >= 11 is 0. The smallest absolute Gasteiger partial charge is 0.352 e. The molecule has 2 heterocycles. The summed E-state index contributed by atoms with van der Waals surface area (Å²) in [7, 11) is 1.74. The van der Waals surface area contributed by atoms with Gasteiger partial charge in [0.1, 0.15) is 0 Å². The minimum atomic E-state index is -4.40. The maximum atomic E-state index is 13.4. The van der Waals surface area contributed by atoms with E-state index < -0.39 is 23.9 Å². The van der Waals surface area contributed by atoms with Crippen LogP contribution in [0.25, 0.3) is 0 Å². The zero-order chi connectivity index (χ0) is 18.7. The fraction of sp³-hybridized carbons (Fsp3) is 0.444. The molecule has 0 spiro atoms. The van der Waals surface area contributed by atoms with E-state index in [1.165, 1.54) is 0 Å². The summed E-state index contributed by atoms with van der Waals surface area (Å²) in [5, 5.41) is 6.60. The second-order valence-corrected chi connectivity index (χ2v) is 6.67. The molecular weight excluding hydrogens is 345 g/mol. The van der Waals surface area contributed by atoms with Gasteiger partial charge in [-0.1, -0.05) is 30.3 Å². The van der Waals surface area contributed by atoms with Crippen molar-refractivity contribution in [3.05, 3.63) is 53.9 Å². The van der Waals surface area contributed by atoms with Crippen LogP contribution in [0.2, 0.25) is 0 Å². The van der Waals surface area contributed by atoms with E-state index in [-0.39, 0.29) is 19.6 Å². The monoisotopic (exact) mass is 366 g/mol. The standard InChI is InChI=1S/C18H21F3N4O/c1-24-9-14(8-23-24)7-22-17(26)15-11-25(12-16(15)18(19,20)21)10-13-5-3-2-4-6-13/h2-6,8-9,15-16H,7,10-12H2,1H3,(H,22,26)/t15-,16-/m0/s1. The molecule has 1 aliphatic heterocycles. The van der Waals surface area contributed by atoms with E-state index >= 15 is 0 Å². The summed E-state index contributed by atoms with van der Waals surface area (Å²) < 4.78 is 41.9. The second kappa shape index (κ2) is 7.49. The van der Waals surface area contributed by atoms with Crippen LogP contribution in [-0.2, 0) is 24.9 Å². The number of carbonyl (C=O) groups is 1. The van der Waals surface area contributed by atoms with Gasteiger partial charge in [-0.15, -0.1) is 0 Å². The van der Waals surface area contributed by atoms with E-state index in [4.69, 9.17) is 0 Å². The van der Waals surface area contributed by atoms with Crippen molar-refractivity contribution in [1.29, 1.82) is 0 Å². The van der Waals surface area contributed by atoms with Crippen LogP contribution >= 0.6 is 0 Å². The molecule has 1 amide bonds. The maximum absolute atomic E-state index is 13.4. The molecule has 1 N–H and O–H groups in total. The Bertz CT molecular complexity index is 744. The molecule has 8 heteroatoms. The van der Waals surface area contributed by atoms with Gasteiger partial charge in [0, 0.05) is 45.0 Å². The van der Waals surface area contributed by atoms with Gasteiger partial charge in [-0.05, 0) is 5.56 Å². The Kier molecular flexibility index (Phi) is 5.31. The van der Waals surface area contributed by atoms with E-state index in [0.717, 1.165) is 11.1 Å². The number of aromatic nitrogens is 2. The third-order valence-electron chi connectivity index (χ3n) is 4.63. The molecule has 0 radical (unpaired) electrons. The predicted molar refractivity (Wildman–Crippen MR) is 89.8 cm³/mol. The quantitative estimate of drug-likeness (QED) is 0.884. The Hall–Kier alpha value is -2.35. The molecule has 2 atom stereocenters. The topological polar surface area (TPSA) is 50.2 Å². The molecule has 1 aliphatic rings. The van der Waals surface area contributed by atoms with Gasteiger partial charge in [-0.3, -0.25) is 14.4 Å². The molecule has 1 aromatic heterocycles. The van der Waals surface area contributed by atoms with Crippen molar-refractivity contribution in [1.82, 2.24) is 20.0 Å². The number of nitrogens with one attached hydrogen (secondary N) is 1. The molecule has 1 aromatic carbocycles. The number of hydrogen-bond donors (Lipinski definition) is 1. The van der Waals surface area contributed by atoms with Gasteiger partial charge in [-0.2, -0.15) is 18.3 Å². The zero-order valence-corrected chi connectivity index (χ0v) is 14.4. The fourth-order valence-corrected chi connectivity index (χ4v) is 3.34. The van der Waals surface area contributed by atoms with Crippen LogP contribution in [0.5, 0.6) is 0 Å². The third kappa shape index (κ3) is 4.43. The second-order valence-electron chi connectivity index (χ2n) is 6.67. The number of carbonyl (C=O) groups excluding carboxylic acids is 1. The number of halogens is 3. The van der Waals surface area contributed by atoms with E-state index in [9.17, 15) is 18.0 Å². The first-order valence-corrected chi connectivity index (χ1v) is 8.41. The van der Waals surface area contributed by atoms with E-state index in [2.05, 4.69) is 10.4 Å². The molecule has 0 aliphatic carbocycles. The SMILES string of the molecule is Cn1cc(CNC(=O)[C@H]2CN(Cc3ccccc3)C[C@@H]2C(F)(F)F)cn1. The number of amides is 1. The molecule has 140 valence electrons. The van der Waals surface area contributed by atoms with Gasteiger partial charge in [0.05, 0.1) is 18.0 Å². The Morgan fingerprint density at radius 3 is 2.58 bits per heavy atom. The van der Waals surface area contributed by atoms with Crippen molar-refractivity contribution in [2.45, 2.75) is 19.3 Å². The molecule has 5 nitrogen and oxygen atoms in total. The fourth-order valence-electron chi connectivity index (χ4n) is 3.34. The van der Waals surface area contributed by atoms with Crippen LogP contribution in [0.1, 0.15) is 11.1 Å². The Morgan fingerprint density at radius 2 is 1.96 bits per heavy atom. The van der Waals surface area contributed by atoms with Crippen LogP contribution in [0.4, 0.5) is 13.2 Å². The average molecular weight is 366 g/mol. The molecule has 0 unspecified atom stereocenters. The summed E-state index contributed by atoms with van der Waals surface area (Å²) in [4.78, 5) is 14.1. The molecule has 1 saturated heterocycles. The summed E-state index contributed by atoms with van der Waals surface area (Å²) in [5.74, 6) is -3.32. The minimum absolute atomic E-state index is 0.0952. The molecule has 0 bridgehead atoms.